The monoisotopic (exact) mass is 896 g/mol. The number of halogens is 2. The Bertz CT molecular complexity index is 2420. The molecule has 4 amide bonds. The summed E-state index contributed by atoms with van der Waals surface area (Å²) in [5.74, 6) is 1.89. The van der Waals surface area contributed by atoms with Crippen molar-refractivity contribution in [3.63, 3.8) is 0 Å². The first-order valence-corrected chi connectivity index (χ1v) is 22.9. The maximum absolute atomic E-state index is 13.9. The van der Waals surface area contributed by atoms with Gasteiger partial charge in [-0.1, -0.05) is 19.1 Å². The van der Waals surface area contributed by atoms with E-state index in [9.17, 15) is 23.2 Å². The normalized spacial score (nSPS) is 22.6. The van der Waals surface area contributed by atoms with Crippen molar-refractivity contribution in [2.75, 3.05) is 63.2 Å². The van der Waals surface area contributed by atoms with E-state index < -0.39 is 24.1 Å². The number of hydrogen-bond donors (Lipinski definition) is 5. The average molecular weight is 897 g/mol. The van der Waals surface area contributed by atoms with E-state index in [-0.39, 0.29) is 48.2 Å². The third-order valence-corrected chi connectivity index (χ3v) is 13.7. The van der Waals surface area contributed by atoms with Gasteiger partial charge in [0.05, 0.1) is 30.5 Å². The number of hydrogen-bond acceptors (Lipinski definition) is 13. The zero-order valence-corrected chi connectivity index (χ0v) is 36.9. The Labute approximate surface area is 376 Å². The first-order chi connectivity index (χ1) is 31.5. The molecule has 346 valence electrons. The van der Waals surface area contributed by atoms with Gasteiger partial charge in [-0.25, -0.2) is 23.5 Å². The predicted octanol–water partition coefficient (Wildman–Crippen LogP) is 5.77. The topological polar surface area (TPSA) is 199 Å². The Balaban J connectivity index is 0.763. The van der Waals surface area contributed by atoms with E-state index in [1.807, 2.05) is 16.8 Å². The number of urea groups is 1. The number of aromatic nitrogens is 4. The largest absolute Gasteiger partial charge is 0.444 e. The number of ether oxygens (including phenoxy) is 1. The van der Waals surface area contributed by atoms with Crippen LogP contribution >= 0.6 is 0 Å². The van der Waals surface area contributed by atoms with Crippen LogP contribution in [0.1, 0.15) is 80.4 Å². The molecule has 6 heterocycles. The van der Waals surface area contributed by atoms with E-state index in [1.54, 1.807) is 23.2 Å². The van der Waals surface area contributed by atoms with Crippen LogP contribution in [-0.2, 0) is 16.1 Å². The molecule has 5 aliphatic rings. The van der Waals surface area contributed by atoms with Gasteiger partial charge in [-0.05, 0) is 107 Å². The summed E-state index contributed by atoms with van der Waals surface area (Å²) in [6, 6.07) is 9.75. The van der Waals surface area contributed by atoms with Crippen molar-refractivity contribution < 1.29 is 32.3 Å². The van der Waals surface area contributed by atoms with E-state index in [2.05, 4.69) is 61.1 Å². The van der Waals surface area contributed by atoms with Gasteiger partial charge in [0.25, 0.3) is 12.3 Å². The maximum Gasteiger partial charge on any atom is 0.329 e. The summed E-state index contributed by atoms with van der Waals surface area (Å²) in [7, 11) is 2.22. The smallest absolute Gasteiger partial charge is 0.329 e. The summed E-state index contributed by atoms with van der Waals surface area (Å²) in [5.41, 5.74) is 1.38. The Hall–Kier alpha value is -5.79. The second-order valence-electron chi connectivity index (χ2n) is 18.4. The number of allylic oxidation sites excluding steroid dienone is 1. The number of anilines is 2. The van der Waals surface area contributed by atoms with Crippen LogP contribution in [0.3, 0.4) is 0 Å². The standard InChI is InChI=1S/C46H58F2N12O5/c1-27-18-32(51-21-36(40(49)42(47)48)53-44(62)37-26-65-45(54-37)29-10-14-50-38(19-29)52-20-28-6-7-28)9-8-30(27)22-57(2)33-11-15-58(16-12-33)23-31-4-3-5-35-41(31)60(34-24-64-25-34)56-43(35)59-17-13-39(61)55-46(59)63/h3-5,10,14,19,21,26-28,30,32-34,42,49,51H,6-9,11-13,15-18,20,22-25H2,1-2H3,(H,50,52)(H,53,62)(H,55,61,63)/b36-21+,49-40?. The number of alkyl halides is 2. The molecule has 3 aliphatic heterocycles. The summed E-state index contributed by atoms with van der Waals surface area (Å²) in [6.07, 6.45) is 8.36. The third-order valence-electron chi connectivity index (χ3n) is 13.7. The molecule has 19 heteroatoms. The Kier molecular flexibility index (Phi) is 13.2. The number of fused-ring (bicyclic) bond motifs is 1. The van der Waals surface area contributed by atoms with Crippen LogP contribution in [0.25, 0.3) is 22.4 Å². The molecule has 3 aromatic heterocycles. The lowest BCUT2D eigenvalue weighted by Crippen LogP contribution is -2.49. The fourth-order valence-corrected chi connectivity index (χ4v) is 9.56. The van der Waals surface area contributed by atoms with Crippen LogP contribution in [0.2, 0.25) is 0 Å². The first-order valence-electron chi connectivity index (χ1n) is 22.9. The molecule has 0 radical (unpaired) electrons. The van der Waals surface area contributed by atoms with Crippen molar-refractivity contribution in [1.29, 1.82) is 5.41 Å². The van der Waals surface area contributed by atoms with Crippen LogP contribution in [-0.4, -0.2) is 125 Å². The molecule has 9 rings (SSSR count). The van der Waals surface area contributed by atoms with Gasteiger partial charge in [-0.2, -0.15) is 5.10 Å². The minimum Gasteiger partial charge on any atom is -0.444 e. The molecule has 5 N–H and O–H groups in total. The highest BCUT2D eigenvalue weighted by Gasteiger charge is 2.34. The van der Waals surface area contributed by atoms with E-state index in [0.29, 0.717) is 54.2 Å². The van der Waals surface area contributed by atoms with Gasteiger partial charge >= 0.3 is 6.03 Å². The minimum absolute atomic E-state index is 0.00454. The van der Waals surface area contributed by atoms with Crippen LogP contribution in [0.15, 0.2) is 59.1 Å². The van der Waals surface area contributed by atoms with Crippen LogP contribution in [0.4, 0.5) is 25.2 Å². The van der Waals surface area contributed by atoms with Crippen molar-refractivity contribution in [3.05, 3.63) is 65.9 Å². The number of amides is 4. The molecule has 3 saturated heterocycles. The quantitative estimate of drug-likeness (QED) is 0.0804. The Morgan fingerprint density at radius 2 is 1.91 bits per heavy atom. The number of carbonyl (C=O) groups excluding carboxylic acids is 3. The third kappa shape index (κ3) is 10.2. The van der Waals surface area contributed by atoms with Gasteiger partial charge in [0.1, 0.15) is 17.8 Å². The summed E-state index contributed by atoms with van der Waals surface area (Å²) < 4.78 is 40.8. The zero-order valence-electron chi connectivity index (χ0n) is 36.9. The lowest BCUT2D eigenvalue weighted by molar-refractivity contribution is -0.120. The molecule has 4 aromatic rings. The minimum atomic E-state index is -3.09. The van der Waals surface area contributed by atoms with Crippen LogP contribution < -0.4 is 26.2 Å². The lowest BCUT2D eigenvalue weighted by Gasteiger charge is -2.41. The first kappa shape index (κ1) is 44.4. The molecule has 2 aliphatic carbocycles. The van der Waals surface area contributed by atoms with Crippen molar-refractivity contribution in [3.8, 4) is 11.5 Å². The van der Waals surface area contributed by atoms with Gasteiger partial charge in [0.15, 0.2) is 11.5 Å². The van der Waals surface area contributed by atoms with Gasteiger partial charge in [0, 0.05) is 68.0 Å². The van der Waals surface area contributed by atoms with Crippen molar-refractivity contribution in [1.82, 2.24) is 45.5 Å². The molecular weight excluding hydrogens is 839 g/mol. The molecule has 1 aromatic carbocycles. The van der Waals surface area contributed by atoms with E-state index in [1.165, 1.54) is 25.3 Å². The van der Waals surface area contributed by atoms with Gasteiger partial charge < -0.3 is 30.0 Å². The Morgan fingerprint density at radius 1 is 1.09 bits per heavy atom. The number of para-hydroxylation sites is 1. The molecule has 0 spiro atoms. The Morgan fingerprint density at radius 3 is 2.63 bits per heavy atom. The number of nitrogens with zero attached hydrogens (tertiary/aromatic N) is 7. The summed E-state index contributed by atoms with van der Waals surface area (Å²) in [4.78, 5) is 53.1. The number of pyridine rings is 1. The van der Waals surface area contributed by atoms with Gasteiger partial charge in [-0.15, -0.1) is 0 Å². The van der Waals surface area contributed by atoms with E-state index >= 15 is 0 Å². The molecular formula is C46H58F2N12O5. The fourth-order valence-electron chi connectivity index (χ4n) is 9.56. The number of imide groups is 1. The summed E-state index contributed by atoms with van der Waals surface area (Å²) in [6.45, 7) is 8.10. The lowest BCUT2D eigenvalue weighted by atomic mass is 9.77. The second kappa shape index (κ2) is 19.4. The number of piperidine rings is 1. The highest BCUT2D eigenvalue weighted by Crippen LogP contribution is 2.36. The van der Waals surface area contributed by atoms with Crippen LogP contribution in [0, 0.1) is 23.2 Å². The SMILES string of the molecule is CC1CC(N/C=C(/NC(=O)c2coc(-c3ccnc(NCC4CC4)c3)n2)C(=N)C(F)F)CCC1CN(C)C1CCN(Cc2cccc3c(N4CCC(=O)NC4=O)nn(C4COC4)c23)CC1. The van der Waals surface area contributed by atoms with E-state index in [4.69, 9.17) is 19.7 Å². The van der Waals surface area contributed by atoms with Crippen molar-refractivity contribution in [2.24, 2.45) is 17.8 Å². The second-order valence-corrected chi connectivity index (χ2v) is 18.4. The van der Waals surface area contributed by atoms with Crippen molar-refractivity contribution in [2.45, 2.75) is 89.4 Å². The molecule has 3 unspecified atom stereocenters. The number of benzene rings is 1. The zero-order chi connectivity index (χ0) is 45.2. The summed E-state index contributed by atoms with van der Waals surface area (Å²) in [5, 5.41) is 25.3. The number of carbonyl (C=O) groups is 3. The molecule has 3 atom stereocenters. The number of oxazole rings is 1. The predicted molar refractivity (Wildman–Crippen MR) is 240 cm³/mol. The molecule has 65 heavy (non-hydrogen) atoms. The number of nitrogens with one attached hydrogen (secondary N) is 5. The maximum atomic E-state index is 13.9. The van der Waals surface area contributed by atoms with E-state index in [0.717, 1.165) is 81.3 Å². The molecule has 17 nitrogen and oxygen atoms in total. The molecule has 5 fully saturated rings. The van der Waals surface area contributed by atoms with Gasteiger partial charge in [0.2, 0.25) is 11.8 Å². The number of rotatable bonds is 17. The average Bonchev–Trinajstić information content (AvgIpc) is 3.84. The fraction of sp³-hybridized carbons (Fsp3) is 0.543. The van der Waals surface area contributed by atoms with Crippen LogP contribution in [0.5, 0.6) is 0 Å². The highest BCUT2D eigenvalue weighted by molar-refractivity contribution is 6.09. The summed E-state index contributed by atoms with van der Waals surface area (Å²) >= 11 is 0. The molecule has 2 saturated carbocycles. The van der Waals surface area contributed by atoms with Gasteiger partial charge in [-0.3, -0.25) is 34.8 Å². The highest BCUT2D eigenvalue weighted by atomic mass is 19.3. The van der Waals surface area contributed by atoms with Crippen molar-refractivity contribution >= 4 is 46.1 Å². The molecule has 0 bridgehead atoms. The number of likely N-dealkylation sites (tertiary alicyclic amines) is 1.